The van der Waals surface area contributed by atoms with Crippen molar-refractivity contribution < 1.29 is 18.7 Å². The highest BCUT2D eigenvalue weighted by Crippen LogP contribution is 2.19. The van der Waals surface area contributed by atoms with Gasteiger partial charge in [-0.15, -0.1) is 0 Å². The number of hydrogen-bond acceptors (Lipinski definition) is 3. The molecule has 0 spiro atoms. The fourth-order valence-corrected chi connectivity index (χ4v) is 3.83. The Morgan fingerprint density at radius 3 is 2.29 bits per heavy atom. The molecule has 3 rings (SSSR count). The Labute approximate surface area is 214 Å². The first-order chi connectivity index (χ1) is 16.9. The predicted octanol–water partition coefficient (Wildman–Crippen LogP) is 5.52. The summed E-state index contributed by atoms with van der Waals surface area (Å²) in [6, 6.07) is 22.3. The van der Waals surface area contributed by atoms with Crippen molar-refractivity contribution >= 4 is 27.7 Å². The fourth-order valence-electron chi connectivity index (χ4n) is 3.57. The lowest BCUT2D eigenvalue weighted by Gasteiger charge is -2.32. The lowest BCUT2D eigenvalue weighted by molar-refractivity contribution is -0.143. The van der Waals surface area contributed by atoms with Gasteiger partial charge in [0.1, 0.15) is 6.04 Å². The molecule has 7 heteroatoms. The van der Waals surface area contributed by atoms with E-state index in [0.717, 1.165) is 22.0 Å². The molecular weight excluding hydrogens is 511 g/mol. The summed E-state index contributed by atoms with van der Waals surface area (Å²) in [6.07, 6.45) is 1.10. The molecule has 0 aliphatic rings. The summed E-state index contributed by atoms with van der Waals surface area (Å²) >= 11 is 3.43. The standard InChI is InChI=1S/C28H30BrFN2O3/c1-3-20(2)31-28(34)25(17-21-9-5-4-6-10-21)32(18-22-13-15-23(29)16-14-22)27(33)19-35-26-12-8-7-11-24(26)30/h4-16,20,25H,3,17-19H2,1-2H3,(H,31,34)/t20-,25-/m1/s1. The maximum absolute atomic E-state index is 14.1. The molecule has 2 atom stereocenters. The van der Waals surface area contributed by atoms with E-state index in [1.54, 1.807) is 12.1 Å². The molecule has 35 heavy (non-hydrogen) atoms. The third-order valence-electron chi connectivity index (χ3n) is 5.73. The quantitative estimate of drug-likeness (QED) is 0.348. The minimum atomic E-state index is -0.772. The first kappa shape index (κ1) is 26.4. The molecule has 0 saturated heterocycles. The monoisotopic (exact) mass is 540 g/mol. The lowest BCUT2D eigenvalue weighted by Crippen LogP contribution is -2.53. The number of amides is 2. The second kappa shape index (κ2) is 13.0. The molecule has 0 aromatic heterocycles. The van der Waals surface area contributed by atoms with E-state index in [1.165, 1.54) is 17.0 Å². The fraction of sp³-hybridized carbons (Fsp3) is 0.286. The number of hydrogen-bond donors (Lipinski definition) is 1. The zero-order valence-corrected chi connectivity index (χ0v) is 21.5. The summed E-state index contributed by atoms with van der Waals surface area (Å²) in [5.74, 6) is -1.20. The van der Waals surface area contributed by atoms with Crippen LogP contribution in [-0.2, 0) is 22.6 Å². The van der Waals surface area contributed by atoms with Gasteiger partial charge in [-0.3, -0.25) is 9.59 Å². The average Bonchev–Trinajstić information content (AvgIpc) is 2.87. The van der Waals surface area contributed by atoms with E-state index in [9.17, 15) is 14.0 Å². The van der Waals surface area contributed by atoms with Gasteiger partial charge in [-0.05, 0) is 48.7 Å². The van der Waals surface area contributed by atoms with Crippen LogP contribution in [0.15, 0.2) is 83.3 Å². The van der Waals surface area contributed by atoms with Crippen molar-refractivity contribution in [3.05, 3.63) is 100 Å². The van der Waals surface area contributed by atoms with Gasteiger partial charge in [0, 0.05) is 23.5 Å². The summed E-state index contributed by atoms with van der Waals surface area (Å²) in [7, 11) is 0. The van der Waals surface area contributed by atoms with Gasteiger partial charge in [0.2, 0.25) is 5.91 Å². The molecule has 3 aromatic rings. The summed E-state index contributed by atoms with van der Waals surface area (Å²) in [5.41, 5.74) is 1.79. The van der Waals surface area contributed by atoms with Crippen LogP contribution in [0.1, 0.15) is 31.4 Å². The van der Waals surface area contributed by atoms with E-state index in [-0.39, 0.29) is 30.9 Å². The molecule has 5 nitrogen and oxygen atoms in total. The number of rotatable bonds is 11. The van der Waals surface area contributed by atoms with Crippen LogP contribution in [0.5, 0.6) is 5.75 Å². The Bertz CT molecular complexity index is 1110. The van der Waals surface area contributed by atoms with Gasteiger partial charge in [-0.2, -0.15) is 0 Å². The van der Waals surface area contributed by atoms with Crippen molar-refractivity contribution in [2.24, 2.45) is 0 Å². The molecule has 0 fully saturated rings. The smallest absolute Gasteiger partial charge is 0.261 e. The topological polar surface area (TPSA) is 58.6 Å². The van der Waals surface area contributed by atoms with Gasteiger partial charge in [0.15, 0.2) is 18.2 Å². The molecule has 0 heterocycles. The van der Waals surface area contributed by atoms with Crippen molar-refractivity contribution in [3.8, 4) is 5.75 Å². The van der Waals surface area contributed by atoms with E-state index >= 15 is 0 Å². The molecule has 3 aromatic carbocycles. The van der Waals surface area contributed by atoms with Crippen LogP contribution >= 0.6 is 15.9 Å². The molecule has 0 aliphatic heterocycles. The Hall–Kier alpha value is -3.19. The summed E-state index contributed by atoms with van der Waals surface area (Å²) in [5, 5.41) is 3.02. The van der Waals surface area contributed by atoms with Crippen LogP contribution in [0, 0.1) is 5.82 Å². The second-order valence-electron chi connectivity index (χ2n) is 8.39. The van der Waals surface area contributed by atoms with Gasteiger partial charge >= 0.3 is 0 Å². The lowest BCUT2D eigenvalue weighted by atomic mass is 10.0. The number of nitrogens with zero attached hydrogens (tertiary/aromatic N) is 1. The largest absolute Gasteiger partial charge is 0.481 e. The van der Waals surface area contributed by atoms with E-state index < -0.39 is 17.8 Å². The Morgan fingerprint density at radius 1 is 0.971 bits per heavy atom. The van der Waals surface area contributed by atoms with Crippen LogP contribution < -0.4 is 10.1 Å². The number of nitrogens with one attached hydrogen (secondary N) is 1. The van der Waals surface area contributed by atoms with Crippen molar-refractivity contribution in [1.29, 1.82) is 0 Å². The third kappa shape index (κ3) is 7.92. The normalized spacial score (nSPS) is 12.5. The summed E-state index contributed by atoms with van der Waals surface area (Å²) < 4.78 is 20.5. The molecule has 0 unspecified atom stereocenters. The van der Waals surface area contributed by atoms with Crippen molar-refractivity contribution in [1.82, 2.24) is 10.2 Å². The number of benzene rings is 3. The highest BCUT2D eigenvalue weighted by Gasteiger charge is 2.31. The second-order valence-corrected chi connectivity index (χ2v) is 9.31. The minimum Gasteiger partial charge on any atom is -0.481 e. The first-order valence-electron chi connectivity index (χ1n) is 11.6. The van der Waals surface area contributed by atoms with E-state index in [1.807, 2.05) is 68.4 Å². The molecule has 0 radical (unpaired) electrons. The van der Waals surface area contributed by atoms with Crippen molar-refractivity contribution in [2.75, 3.05) is 6.61 Å². The Morgan fingerprint density at radius 2 is 1.63 bits per heavy atom. The van der Waals surface area contributed by atoms with Crippen LogP contribution in [0.25, 0.3) is 0 Å². The molecule has 184 valence electrons. The zero-order chi connectivity index (χ0) is 25.2. The number of ether oxygens (including phenoxy) is 1. The first-order valence-corrected chi connectivity index (χ1v) is 12.4. The predicted molar refractivity (Wildman–Crippen MR) is 138 cm³/mol. The highest BCUT2D eigenvalue weighted by atomic mass is 79.9. The number of para-hydroxylation sites is 1. The SMILES string of the molecule is CC[C@@H](C)NC(=O)[C@@H](Cc1ccccc1)N(Cc1ccc(Br)cc1)C(=O)COc1ccccc1F. The molecule has 0 saturated carbocycles. The van der Waals surface area contributed by atoms with Crippen LogP contribution in [0.3, 0.4) is 0 Å². The summed E-state index contributed by atoms with van der Waals surface area (Å²) in [4.78, 5) is 28.4. The average molecular weight is 541 g/mol. The summed E-state index contributed by atoms with van der Waals surface area (Å²) in [6.45, 7) is 3.74. The molecule has 0 aliphatic carbocycles. The molecular formula is C28H30BrFN2O3. The van der Waals surface area contributed by atoms with Crippen LogP contribution in [0.2, 0.25) is 0 Å². The Kier molecular flexibility index (Phi) is 9.85. The van der Waals surface area contributed by atoms with Gasteiger partial charge in [0.05, 0.1) is 0 Å². The number of halogens is 2. The maximum atomic E-state index is 14.1. The highest BCUT2D eigenvalue weighted by molar-refractivity contribution is 9.10. The molecule has 2 amide bonds. The van der Waals surface area contributed by atoms with Crippen molar-refractivity contribution in [2.45, 2.75) is 45.3 Å². The van der Waals surface area contributed by atoms with E-state index in [2.05, 4.69) is 21.2 Å². The molecule has 1 N–H and O–H groups in total. The van der Waals surface area contributed by atoms with Crippen LogP contribution in [0.4, 0.5) is 4.39 Å². The van der Waals surface area contributed by atoms with Gasteiger partial charge in [0.25, 0.3) is 5.91 Å². The zero-order valence-electron chi connectivity index (χ0n) is 19.9. The maximum Gasteiger partial charge on any atom is 0.261 e. The number of carbonyl (C=O) groups is 2. The third-order valence-corrected chi connectivity index (χ3v) is 6.25. The van der Waals surface area contributed by atoms with Gasteiger partial charge in [-0.25, -0.2) is 4.39 Å². The number of carbonyl (C=O) groups excluding carboxylic acids is 2. The van der Waals surface area contributed by atoms with E-state index in [4.69, 9.17) is 4.74 Å². The van der Waals surface area contributed by atoms with Crippen LogP contribution in [-0.4, -0.2) is 35.4 Å². The minimum absolute atomic E-state index is 0.00638. The molecule has 0 bridgehead atoms. The van der Waals surface area contributed by atoms with Crippen molar-refractivity contribution in [3.63, 3.8) is 0 Å². The van der Waals surface area contributed by atoms with E-state index in [0.29, 0.717) is 6.42 Å². The van der Waals surface area contributed by atoms with Gasteiger partial charge < -0.3 is 15.0 Å². The van der Waals surface area contributed by atoms with Gasteiger partial charge in [-0.1, -0.05) is 77.5 Å². The Balaban J connectivity index is 1.91.